The fourth-order valence-electron chi connectivity index (χ4n) is 3.94. The molecule has 3 atom stereocenters. The third-order valence-electron chi connectivity index (χ3n) is 5.82. The number of amides is 2. The largest absolute Gasteiger partial charge is 0.456 e. The second kappa shape index (κ2) is 14.1. The van der Waals surface area contributed by atoms with E-state index in [4.69, 9.17) is 15.6 Å². The van der Waals surface area contributed by atoms with Crippen molar-refractivity contribution in [2.45, 2.75) is 31.0 Å². The SMILES string of the molecule is CCO.CSCC1=C(C(=O)OCc2ccc([N+](=O)[O-])cc2)N2C(=O)C(NC(=O)C(N)c3ccccc3)[C@H]2SC1. The number of carbonyl (C=O) groups is 3. The summed E-state index contributed by atoms with van der Waals surface area (Å²) in [5.74, 6) is -0.472. The highest BCUT2D eigenvalue weighted by molar-refractivity contribution is 8.00. The van der Waals surface area contributed by atoms with E-state index in [1.54, 1.807) is 31.2 Å². The molecule has 2 aromatic carbocycles. The molecule has 13 heteroatoms. The fraction of sp³-hybridized carbons (Fsp3) is 0.346. The Morgan fingerprint density at radius 1 is 1.26 bits per heavy atom. The van der Waals surface area contributed by atoms with Gasteiger partial charge in [-0.25, -0.2) is 4.79 Å². The van der Waals surface area contributed by atoms with Crippen molar-refractivity contribution in [3.63, 3.8) is 0 Å². The van der Waals surface area contributed by atoms with E-state index in [2.05, 4.69) is 5.32 Å². The van der Waals surface area contributed by atoms with Crippen LogP contribution in [0.1, 0.15) is 24.1 Å². The Morgan fingerprint density at radius 3 is 2.49 bits per heavy atom. The van der Waals surface area contributed by atoms with Crippen molar-refractivity contribution < 1.29 is 29.2 Å². The minimum Gasteiger partial charge on any atom is -0.456 e. The molecule has 208 valence electrons. The van der Waals surface area contributed by atoms with E-state index in [0.29, 0.717) is 22.6 Å². The van der Waals surface area contributed by atoms with Crippen LogP contribution in [0, 0.1) is 10.1 Å². The van der Waals surface area contributed by atoms with Gasteiger partial charge in [0.2, 0.25) is 5.91 Å². The maximum Gasteiger partial charge on any atom is 0.355 e. The van der Waals surface area contributed by atoms with Crippen LogP contribution in [-0.2, 0) is 25.7 Å². The molecule has 0 spiro atoms. The van der Waals surface area contributed by atoms with Crippen molar-refractivity contribution in [3.05, 3.63) is 87.1 Å². The molecule has 11 nitrogen and oxygen atoms in total. The normalized spacial score (nSPS) is 18.7. The summed E-state index contributed by atoms with van der Waals surface area (Å²) in [5.41, 5.74) is 8.19. The van der Waals surface area contributed by atoms with Crippen LogP contribution in [0.3, 0.4) is 0 Å². The van der Waals surface area contributed by atoms with Gasteiger partial charge >= 0.3 is 5.97 Å². The predicted octanol–water partition coefficient (Wildman–Crippen LogP) is 2.35. The van der Waals surface area contributed by atoms with Gasteiger partial charge in [-0.1, -0.05) is 30.3 Å². The number of aliphatic hydroxyl groups is 1. The minimum absolute atomic E-state index is 0.0616. The molecule has 2 heterocycles. The maximum absolute atomic E-state index is 13.1. The molecule has 39 heavy (non-hydrogen) atoms. The number of rotatable bonds is 9. The van der Waals surface area contributed by atoms with Crippen LogP contribution in [0.5, 0.6) is 0 Å². The van der Waals surface area contributed by atoms with Gasteiger partial charge in [-0.3, -0.25) is 24.6 Å². The number of esters is 1. The van der Waals surface area contributed by atoms with E-state index in [1.165, 1.54) is 52.7 Å². The number of nitro groups is 1. The number of carbonyl (C=O) groups excluding carboxylic acids is 3. The number of hydrogen-bond donors (Lipinski definition) is 3. The topological polar surface area (TPSA) is 165 Å². The Labute approximate surface area is 234 Å². The molecule has 0 aromatic heterocycles. The Kier molecular flexibility index (Phi) is 10.9. The molecule has 0 bridgehead atoms. The molecule has 1 saturated heterocycles. The van der Waals surface area contributed by atoms with Crippen molar-refractivity contribution in [3.8, 4) is 0 Å². The third kappa shape index (κ3) is 7.18. The lowest BCUT2D eigenvalue weighted by atomic mass is 10.0. The number of non-ortho nitro benzene ring substituents is 1. The molecule has 2 aliphatic rings. The predicted molar refractivity (Wildman–Crippen MR) is 149 cm³/mol. The Bertz CT molecular complexity index is 1220. The molecule has 1 fully saturated rings. The zero-order valence-corrected chi connectivity index (χ0v) is 23.1. The first-order chi connectivity index (χ1) is 18.7. The van der Waals surface area contributed by atoms with Crippen molar-refractivity contribution in [2.24, 2.45) is 5.73 Å². The van der Waals surface area contributed by atoms with Gasteiger partial charge in [-0.15, -0.1) is 11.8 Å². The van der Waals surface area contributed by atoms with Gasteiger partial charge in [0.05, 0.1) is 4.92 Å². The maximum atomic E-state index is 13.1. The summed E-state index contributed by atoms with van der Waals surface area (Å²) in [4.78, 5) is 50.6. The molecule has 2 aliphatic heterocycles. The van der Waals surface area contributed by atoms with Gasteiger partial charge < -0.3 is 20.9 Å². The lowest BCUT2D eigenvalue weighted by Gasteiger charge is -2.49. The Morgan fingerprint density at radius 2 is 1.90 bits per heavy atom. The average Bonchev–Trinajstić information content (AvgIpc) is 2.95. The summed E-state index contributed by atoms with van der Waals surface area (Å²) < 4.78 is 5.47. The summed E-state index contributed by atoms with van der Waals surface area (Å²) in [6.07, 6.45) is 1.90. The van der Waals surface area contributed by atoms with E-state index in [9.17, 15) is 24.5 Å². The molecule has 2 unspecified atom stereocenters. The zero-order valence-electron chi connectivity index (χ0n) is 21.4. The second-order valence-corrected chi connectivity index (χ2v) is 10.5. The van der Waals surface area contributed by atoms with Gasteiger partial charge in [0.15, 0.2) is 0 Å². The second-order valence-electron chi connectivity index (χ2n) is 8.49. The first kappa shape index (κ1) is 30.2. The van der Waals surface area contributed by atoms with Crippen LogP contribution in [0.15, 0.2) is 65.9 Å². The van der Waals surface area contributed by atoms with E-state index in [-0.39, 0.29) is 24.6 Å². The number of thioether (sulfide) groups is 2. The molecule has 4 N–H and O–H groups in total. The summed E-state index contributed by atoms with van der Waals surface area (Å²) in [6.45, 7) is 1.83. The first-order valence-corrected chi connectivity index (χ1v) is 14.5. The highest BCUT2D eigenvalue weighted by atomic mass is 32.2. The number of hydrogen-bond acceptors (Lipinski definition) is 10. The smallest absolute Gasteiger partial charge is 0.355 e. The van der Waals surface area contributed by atoms with Crippen molar-refractivity contribution in [1.29, 1.82) is 0 Å². The van der Waals surface area contributed by atoms with Gasteiger partial charge in [0.25, 0.3) is 11.6 Å². The van der Waals surface area contributed by atoms with E-state index >= 15 is 0 Å². The molecular weight excluding hydrogens is 544 g/mol. The number of nitrogens with one attached hydrogen (secondary N) is 1. The zero-order chi connectivity index (χ0) is 28.5. The number of aliphatic hydroxyl groups excluding tert-OH is 1. The molecule has 2 aromatic rings. The van der Waals surface area contributed by atoms with E-state index in [1.807, 2.05) is 12.3 Å². The molecular formula is C26H30N4O7S2. The molecule has 4 rings (SSSR count). The molecule has 2 amide bonds. The standard InChI is InChI=1S/C24H24N4O6S2.C2H6O/c1-35-12-16-13-36-23-19(26-21(29)18(25)15-5-3-2-4-6-15)22(30)27(23)20(16)24(31)34-11-14-7-9-17(10-8-14)28(32)33;1-2-3/h2-10,18-19,23H,11-13,25H2,1H3,(H,26,29);3H,2H2,1H3/t18?,19?,23-;/m1./s1. The lowest BCUT2D eigenvalue weighted by Crippen LogP contribution is -2.71. The van der Waals surface area contributed by atoms with Gasteiger partial charge in [-0.05, 0) is 42.0 Å². The van der Waals surface area contributed by atoms with Crippen LogP contribution >= 0.6 is 23.5 Å². The lowest BCUT2D eigenvalue weighted by molar-refractivity contribution is -0.384. The van der Waals surface area contributed by atoms with Gasteiger partial charge in [0.1, 0.15) is 29.8 Å². The van der Waals surface area contributed by atoms with Gasteiger partial charge in [0, 0.05) is 30.2 Å². The summed E-state index contributed by atoms with van der Waals surface area (Å²) in [6, 6.07) is 12.8. The summed E-state index contributed by atoms with van der Waals surface area (Å²) >= 11 is 2.99. The Hall–Kier alpha value is -3.39. The van der Waals surface area contributed by atoms with Crippen molar-refractivity contribution in [2.75, 3.05) is 24.4 Å². The number of nitrogens with zero attached hydrogens (tertiary/aromatic N) is 2. The first-order valence-electron chi connectivity index (χ1n) is 12.0. The highest BCUT2D eigenvalue weighted by Crippen LogP contribution is 2.41. The molecule has 0 saturated carbocycles. The van der Waals surface area contributed by atoms with Crippen LogP contribution in [0.2, 0.25) is 0 Å². The van der Waals surface area contributed by atoms with Gasteiger partial charge in [-0.2, -0.15) is 11.8 Å². The van der Waals surface area contributed by atoms with Crippen LogP contribution < -0.4 is 11.1 Å². The number of ether oxygens (including phenoxy) is 1. The number of nitrogens with two attached hydrogens (primary N) is 1. The Balaban J connectivity index is 0.00000134. The number of nitro benzene ring substituents is 1. The van der Waals surface area contributed by atoms with Crippen molar-refractivity contribution >= 4 is 47.0 Å². The monoisotopic (exact) mass is 574 g/mol. The summed E-state index contributed by atoms with van der Waals surface area (Å²) in [7, 11) is 0. The highest BCUT2D eigenvalue weighted by Gasteiger charge is 2.54. The van der Waals surface area contributed by atoms with E-state index < -0.39 is 40.2 Å². The number of β-lactam (4-membered cyclic amide) rings is 1. The third-order valence-corrected chi connectivity index (χ3v) is 7.79. The van der Waals surface area contributed by atoms with Crippen molar-refractivity contribution in [1.82, 2.24) is 10.2 Å². The minimum atomic E-state index is -0.921. The quantitative estimate of drug-likeness (QED) is 0.175. The average molecular weight is 575 g/mol. The number of benzene rings is 2. The van der Waals surface area contributed by atoms with Crippen LogP contribution in [0.4, 0.5) is 5.69 Å². The fourth-order valence-corrected chi connectivity index (χ4v) is 6.01. The molecule has 0 radical (unpaired) electrons. The number of fused-ring (bicyclic) bond motifs is 1. The molecule has 0 aliphatic carbocycles. The van der Waals surface area contributed by atoms with E-state index in [0.717, 1.165) is 5.57 Å². The van der Waals surface area contributed by atoms with Crippen LogP contribution in [0.25, 0.3) is 0 Å². The summed E-state index contributed by atoms with van der Waals surface area (Å²) in [5, 5.41) is 20.7. The van der Waals surface area contributed by atoms with Crippen LogP contribution in [-0.4, -0.2) is 68.5 Å².